The van der Waals surface area contributed by atoms with Crippen LogP contribution in [0.5, 0.6) is 5.75 Å². The summed E-state index contributed by atoms with van der Waals surface area (Å²) in [6.07, 6.45) is 3.08. The van der Waals surface area contributed by atoms with Gasteiger partial charge in [0.25, 0.3) is 11.8 Å². The number of methoxy groups -OCH3 is 1. The molecule has 8 heteroatoms. The van der Waals surface area contributed by atoms with Crippen molar-refractivity contribution in [1.82, 2.24) is 15.1 Å². The third-order valence-electron chi connectivity index (χ3n) is 6.69. The van der Waals surface area contributed by atoms with Crippen LogP contribution in [0.25, 0.3) is 0 Å². The fraction of sp³-hybridized carbons (Fsp3) is 0.423. The second-order valence-corrected chi connectivity index (χ2v) is 8.85. The molecule has 2 aromatic carbocycles. The van der Waals surface area contributed by atoms with Crippen LogP contribution in [0.2, 0.25) is 0 Å². The van der Waals surface area contributed by atoms with Gasteiger partial charge in [0, 0.05) is 37.3 Å². The van der Waals surface area contributed by atoms with Crippen LogP contribution < -0.4 is 10.1 Å². The van der Waals surface area contributed by atoms with E-state index < -0.39 is 11.9 Å². The van der Waals surface area contributed by atoms with E-state index in [-0.39, 0.29) is 23.6 Å². The Hall–Kier alpha value is -3.42. The molecule has 2 saturated heterocycles. The predicted octanol–water partition coefficient (Wildman–Crippen LogP) is 3.11. The molecule has 180 valence electrons. The molecule has 3 amide bonds. The Balaban J connectivity index is 1.45. The van der Waals surface area contributed by atoms with Crippen LogP contribution in [-0.2, 0) is 4.79 Å². The van der Waals surface area contributed by atoms with Gasteiger partial charge in [-0.15, -0.1) is 0 Å². The van der Waals surface area contributed by atoms with Gasteiger partial charge in [-0.3, -0.25) is 14.4 Å². The third-order valence-corrected chi connectivity index (χ3v) is 6.69. The van der Waals surface area contributed by atoms with E-state index in [1.807, 2.05) is 4.90 Å². The Labute approximate surface area is 198 Å². The van der Waals surface area contributed by atoms with E-state index in [0.717, 1.165) is 12.8 Å². The normalized spacial score (nSPS) is 17.4. The number of ether oxygens (including phenoxy) is 1. The molecule has 2 aliphatic rings. The first-order valence-electron chi connectivity index (χ1n) is 11.7. The van der Waals surface area contributed by atoms with E-state index in [2.05, 4.69) is 5.32 Å². The molecule has 34 heavy (non-hydrogen) atoms. The first-order valence-corrected chi connectivity index (χ1v) is 11.7. The number of benzene rings is 2. The van der Waals surface area contributed by atoms with Crippen molar-refractivity contribution in [3.63, 3.8) is 0 Å². The molecular weight excluding hydrogens is 437 g/mol. The number of rotatable bonds is 6. The van der Waals surface area contributed by atoms with Gasteiger partial charge in [-0.1, -0.05) is 6.07 Å². The number of nitrogens with one attached hydrogen (secondary N) is 1. The van der Waals surface area contributed by atoms with Crippen molar-refractivity contribution in [2.75, 3.05) is 33.3 Å². The van der Waals surface area contributed by atoms with Gasteiger partial charge >= 0.3 is 0 Å². The number of carbonyl (C=O) groups is 3. The second-order valence-electron chi connectivity index (χ2n) is 8.85. The lowest BCUT2D eigenvalue weighted by Gasteiger charge is -2.37. The van der Waals surface area contributed by atoms with Crippen molar-refractivity contribution in [2.45, 2.75) is 31.7 Å². The largest absolute Gasteiger partial charge is 0.497 e. The highest BCUT2D eigenvalue weighted by Crippen LogP contribution is 2.25. The molecule has 2 aromatic rings. The number of hydrogen-bond acceptors (Lipinski definition) is 4. The van der Waals surface area contributed by atoms with Gasteiger partial charge in [0.15, 0.2) is 0 Å². The quantitative estimate of drug-likeness (QED) is 0.708. The smallest absolute Gasteiger partial charge is 0.253 e. The topological polar surface area (TPSA) is 79.0 Å². The first-order chi connectivity index (χ1) is 16.5. The van der Waals surface area contributed by atoms with Gasteiger partial charge in [0.2, 0.25) is 5.91 Å². The number of likely N-dealkylation sites (tertiary alicyclic amines) is 2. The van der Waals surface area contributed by atoms with Crippen LogP contribution in [-0.4, -0.2) is 66.9 Å². The van der Waals surface area contributed by atoms with Crippen LogP contribution in [0, 0.1) is 11.7 Å². The fourth-order valence-corrected chi connectivity index (χ4v) is 4.72. The van der Waals surface area contributed by atoms with Crippen LogP contribution in [0.15, 0.2) is 48.5 Å². The van der Waals surface area contributed by atoms with Crippen LogP contribution in [0.1, 0.15) is 46.4 Å². The van der Waals surface area contributed by atoms with Crippen molar-refractivity contribution in [3.8, 4) is 5.75 Å². The summed E-state index contributed by atoms with van der Waals surface area (Å²) in [5, 5.41) is 2.98. The summed E-state index contributed by atoms with van der Waals surface area (Å²) in [6, 6.07) is 11.8. The summed E-state index contributed by atoms with van der Waals surface area (Å²) in [5.41, 5.74) is 0.773. The molecule has 2 heterocycles. The van der Waals surface area contributed by atoms with Gasteiger partial charge in [-0.2, -0.15) is 0 Å². The molecule has 0 aromatic heterocycles. The average Bonchev–Trinajstić information content (AvgIpc) is 3.42. The van der Waals surface area contributed by atoms with E-state index in [4.69, 9.17) is 4.74 Å². The number of nitrogens with zero attached hydrogens (tertiary/aromatic N) is 2. The molecule has 0 radical (unpaired) electrons. The Morgan fingerprint density at radius 2 is 1.62 bits per heavy atom. The minimum atomic E-state index is -0.654. The lowest BCUT2D eigenvalue weighted by atomic mass is 9.88. The van der Waals surface area contributed by atoms with Crippen molar-refractivity contribution >= 4 is 17.7 Å². The summed E-state index contributed by atoms with van der Waals surface area (Å²) >= 11 is 0. The Kier molecular flexibility index (Phi) is 7.45. The average molecular weight is 468 g/mol. The van der Waals surface area contributed by atoms with Crippen LogP contribution in [0.3, 0.4) is 0 Å². The molecule has 0 saturated carbocycles. The highest BCUT2D eigenvalue weighted by molar-refractivity contribution is 5.98. The Morgan fingerprint density at radius 1 is 0.941 bits per heavy atom. The molecule has 4 rings (SSSR count). The van der Waals surface area contributed by atoms with E-state index in [1.54, 1.807) is 42.3 Å². The van der Waals surface area contributed by atoms with E-state index >= 15 is 0 Å². The fourth-order valence-electron chi connectivity index (χ4n) is 4.72. The number of carbonyl (C=O) groups excluding carboxylic acids is 3. The maximum atomic E-state index is 13.5. The van der Waals surface area contributed by atoms with Gasteiger partial charge in [0.05, 0.1) is 7.11 Å². The monoisotopic (exact) mass is 467 g/mol. The summed E-state index contributed by atoms with van der Waals surface area (Å²) in [4.78, 5) is 42.6. The SMILES string of the molecule is COc1ccc(C(=O)N[C@H](C(=O)N2CCCC2)C2CCN(C(=O)c3cccc(F)c3)CC2)cc1. The van der Waals surface area contributed by atoms with Gasteiger partial charge in [-0.25, -0.2) is 4.39 Å². The van der Waals surface area contributed by atoms with Crippen molar-refractivity contribution in [3.05, 3.63) is 65.5 Å². The molecule has 7 nitrogen and oxygen atoms in total. The maximum Gasteiger partial charge on any atom is 0.253 e. The van der Waals surface area contributed by atoms with Gasteiger partial charge in [-0.05, 0) is 74.1 Å². The third kappa shape index (κ3) is 5.38. The summed E-state index contributed by atoms with van der Waals surface area (Å²) in [5.74, 6) is -0.475. The molecular formula is C26H30FN3O4. The molecule has 1 atom stereocenters. The molecule has 0 spiro atoms. The zero-order valence-electron chi connectivity index (χ0n) is 19.3. The van der Waals surface area contributed by atoms with E-state index in [0.29, 0.717) is 55.9 Å². The number of piperidine rings is 1. The highest BCUT2D eigenvalue weighted by atomic mass is 19.1. The number of amides is 3. The number of halogens is 1. The van der Waals surface area contributed by atoms with Crippen molar-refractivity contribution in [2.24, 2.45) is 5.92 Å². The Morgan fingerprint density at radius 3 is 2.24 bits per heavy atom. The molecule has 0 bridgehead atoms. The van der Waals surface area contributed by atoms with Crippen molar-refractivity contribution < 1.29 is 23.5 Å². The Bertz CT molecular complexity index is 1030. The maximum absolute atomic E-state index is 13.5. The summed E-state index contributed by atoms with van der Waals surface area (Å²) in [7, 11) is 1.56. The van der Waals surface area contributed by atoms with E-state index in [9.17, 15) is 18.8 Å². The van der Waals surface area contributed by atoms with Crippen LogP contribution >= 0.6 is 0 Å². The minimum absolute atomic E-state index is 0.0609. The molecule has 2 aliphatic heterocycles. The van der Waals surface area contributed by atoms with E-state index in [1.165, 1.54) is 18.2 Å². The lowest BCUT2D eigenvalue weighted by molar-refractivity contribution is -0.134. The lowest BCUT2D eigenvalue weighted by Crippen LogP contribution is -2.54. The standard InChI is InChI=1S/C26H30FN3O4/c1-34-22-9-7-19(8-10-22)24(31)28-23(26(33)29-13-2-3-14-29)18-11-15-30(16-12-18)25(32)20-5-4-6-21(27)17-20/h4-10,17-18,23H,2-3,11-16H2,1H3,(H,28,31)/t23-/m0/s1. The molecule has 0 unspecified atom stereocenters. The van der Waals surface area contributed by atoms with Crippen molar-refractivity contribution in [1.29, 1.82) is 0 Å². The zero-order valence-corrected chi connectivity index (χ0v) is 19.3. The summed E-state index contributed by atoms with van der Waals surface area (Å²) < 4.78 is 18.7. The first kappa shape index (κ1) is 23.7. The minimum Gasteiger partial charge on any atom is -0.497 e. The zero-order chi connectivity index (χ0) is 24.1. The number of hydrogen-bond donors (Lipinski definition) is 1. The summed E-state index contributed by atoms with van der Waals surface area (Å²) in [6.45, 7) is 2.29. The molecule has 0 aliphatic carbocycles. The molecule has 2 fully saturated rings. The highest BCUT2D eigenvalue weighted by Gasteiger charge is 2.37. The van der Waals surface area contributed by atoms with Gasteiger partial charge in [0.1, 0.15) is 17.6 Å². The second kappa shape index (κ2) is 10.7. The molecule has 1 N–H and O–H groups in total. The van der Waals surface area contributed by atoms with Gasteiger partial charge < -0.3 is 19.9 Å². The van der Waals surface area contributed by atoms with Crippen LogP contribution in [0.4, 0.5) is 4.39 Å². The predicted molar refractivity (Wildman–Crippen MR) is 125 cm³/mol.